The minimum Gasteiger partial charge on any atom is -0.480 e. The molecule has 1 amide bonds. The van der Waals surface area contributed by atoms with Crippen molar-refractivity contribution in [2.75, 3.05) is 11.9 Å². The first-order valence-electron chi connectivity index (χ1n) is 6.81. The van der Waals surface area contributed by atoms with E-state index >= 15 is 0 Å². The van der Waals surface area contributed by atoms with Crippen LogP contribution in [0, 0.1) is 5.41 Å². The summed E-state index contributed by atoms with van der Waals surface area (Å²) in [4.78, 5) is 12.1. The van der Waals surface area contributed by atoms with Crippen molar-refractivity contribution in [3.05, 3.63) is 29.8 Å². The summed E-state index contributed by atoms with van der Waals surface area (Å²) in [5, 5.41) is 4.07. The Bertz CT molecular complexity index is 460. The number of nitrogens with one attached hydrogen (secondary N) is 1. The molecule has 4 heteroatoms. The van der Waals surface area contributed by atoms with E-state index in [0.29, 0.717) is 11.8 Å². The lowest BCUT2D eigenvalue weighted by atomic mass is 10.0. The second-order valence-corrected chi connectivity index (χ2v) is 6.37. The summed E-state index contributed by atoms with van der Waals surface area (Å²) in [6.45, 7) is 0.785. The van der Waals surface area contributed by atoms with Crippen molar-refractivity contribution in [3.63, 3.8) is 0 Å². The molecule has 2 aliphatic rings. The molecule has 0 saturated heterocycles. The molecule has 102 valence electrons. The molecule has 3 rings (SSSR count). The molecule has 1 aromatic carbocycles. The number of fused-ring (bicyclic) bond motifs is 1. The zero-order valence-corrected chi connectivity index (χ0v) is 12.4. The first-order valence-corrected chi connectivity index (χ1v) is 7.93. The summed E-state index contributed by atoms with van der Waals surface area (Å²) in [6, 6.07) is 7.87. The van der Waals surface area contributed by atoms with Gasteiger partial charge in [0.2, 0.25) is 0 Å². The highest BCUT2D eigenvalue weighted by Gasteiger charge is 2.42. The molecule has 1 aliphatic heterocycles. The molecule has 1 unspecified atom stereocenters. The van der Waals surface area contributed by atoms with Crippen molar-refractivity contribution < 1.29 is 9.53 Å². The summed E-state index contributed by atoms with van der Waals surface area (Å²) >= 11 is 3.48. The number of carbonyl (C=O) groups excluding carboxylic acids is 1. The van der Waals surface area contributed by atoms with Crippen molar-refractivity contribution in [2.45, 2.75) is 31.8 Å². The standard InChI is InChI=1S/C15H18BrNO2/c16-8-7-15(5-6-15)10-17-14(18)13-9-11-3-1-2-4-12(11)19-13/h1-4,13H,5-10H2,(H,17,18). The SMILES string of the molecule is O=C(NCC1(CCBr)CC1)C1Cc2ccccc2O1. The van der Waals surface area contributed by atoms with Gasteiger partial charge in [-0.1, -0.05) is 34.1 Å². The summed E-state index contributed by atoms with van der Waals surface area (Å²) in [5.74, 6) is 0.876. The molecule has 0 radical (unpaired) electrons. The Balaban J connectivity index is 1.53. The Morgan fingerprint density at radius 3 is 2.89 bits per heavy atom. The van der Waals surface area contributed by atoms with E-state index < -0.39 is 0 Å². The number of carbonyl (C=O) groups is 1. The number of halogens is 1. The molecule has 1 aromatic rings. The molecule has 19 heavy (non-hydrogen) atoms. The number of ether oxygens (including phenoxy) is 1. The van der Waals surface area contributed by atoms with E-state index in [1.165, 1.54) is 12.8 Å². The van der Waals surface area contributed by atoms with Gasteiger partial charge < -0.3 is 10.1 Å². The third kappa shape index (κ3) is 2.78. The third-order valence-electron chi connectivity index (χ3n) is 4.16. The van der Waals surface area contributed by atoms with Crippen molar-refractivity contribution >= 4 is 21.8 Å². The van der Waals surface area contributed by atoms with Gasteiger partial charge in [0, 0.05) is 18.3 Å². The molecule has 1 N–H and O–H groups in total. The topological polar surface area (TPSA) is 38.3 Å². The van der Waals surface area contributed by atoms with Gasteiger partial charge in [-0.2, -0.15) is 0 Å². The van der Waals surface area contributed by atoms with Gasteiger partial charge in [0.15, 0.2) is 6.10 Å². The monoisotopic (exact) mass is 323 g/mol. The Morgan fingerprint density at radius 1 is 1.42 bits per heavy atom. The molecular formula is C15H18BrNO2. The second-order valence-electron chi connectivity index (χ2n) is 5.58. The largest absolute Gasteiger partial charge is 0.480 e. The smallest absolute Gasteiger partial charge is 0.261 e. The molecule has 1 aliphatic carbocycles. The summed E-state index contributed by atoms with van der Waals surface area (Å²) in [7, 11) is 0. The predicted molar refractivity (Wildman–Crippen MR) is 77.6 cm³/mol. The van der Waals surface area contributed by atoms with E-state index in [9.17, 15) is 4.79 Å². The summed E-state index contributed by atoms with van der Waals surface area (Å²) in [6.07, 6.45) is 3.93. The van der Waals surface area contributed by atoms with Crippen LogP contribution >= 0.6 is 15.9 Å². The molecule has 0 aromatic heterocycles. The van der Waals surface area contributed by atoms with Crippen molar-refractivity contribution in [3.8, 4) is 5.75 Å². The third-order valence-corrected chi connectivity index (χ3v) is 4.56. The van der Waals surface area contributed by atoms with E-state index in [1.807, 2.05) is 24.3 Å². The first kappa shape index (κ1) is 13.0. The molecule has 3 nitrogen and oxygen atoms in total. The van der Waals surface area contributed by atoms with Gasteiger partial charge in [0.25, 0.3) is 5.91 Å². The van der Waals surface area contributed by atoms with Gasteiger partial charge in [-0.3, -0.25) is 4.79 Å². The normalized spacial score (nSPS) is 22.5. The fraction of sp³-hybridized carbons (Fsp3) is 0.533. The first-order chi connectivity index (χ1) is 9.22. The van der Waals surface area contributed by atoms with Gasteiger partial charge in [-0.15, -0.1) is 0 Å². The Kier molecular flexibility index (Phi) is 3.52. The quantitative estimate of drug-likeness (QED) is 0.846. The zero-order chi connectivity index (χ0) is 13.3. The number of hydrogen-bond donors (Lipinski definition) is 1. The van der Waals surface area contributed by atoms with Gasteiger partial charge in [-0.05, 0) is 36.3 Å². The van der Waals surface area contributed by atoms with Crippen LogP contribution in [0.1, 0.15) is 24.8 Å². The maximum Gasteiger partial charge on any atom is 0.261 e. The van der Waals surface area contributed by atoms with E-state index in [1.54, 1.807) is 0 Å². The van der Waals surface area contributed by atoms with Crippen LogP contribution in [0.15, 0.2) is 24.3 Å². The highest BCUT2D eigenvalue weighted by molar-refractivity contribution is 9.09. The van der Waals surface area contributed by atoms with E-state index in [-0.39, 0.29) is 12.0 Å². The average molecular weight is 324 g/mol. The molecule has 1 heterocycles. The van der Waals surface area contributed by atoms with E-state index in [0.717, 1.165) is 29.6 Å². The number of rotatable bonds is 5. The summed E-state index contributed by atoms with van der Waals surface area (Å²) < 4.78 is 5.69. The van der Waals surface area contributed by atoms with Crippen LogP contribution in [0.25, 0.3) is 0 Å². The van der Waals surface area contributed by atoms with Gasteiger partial charge in [0.05, 0.1) is 0 Å². The number of hydrogen-bond acceptors (Lipinski definition) is 2. The maximum absolute atomic E-state index is 12.1. The van der Waals surface area contributed by atoms with Crippen LogP contribution in [0.5, 0.6) is 5.75 Å². The molecule has 1 saturated carbocycles. The fourth-order valence-electron chi connectivity index (χ4n) is 2.61. The maximum atomic E-state index is 12.1. The van der Waals surface area contributed by atoms with Crippen LogP contribution in [0.2, 0.25) is 0 Å². The van der Waals surface area contributed by atoms with Crippen LogP contribution in [-0.2, 0) is 11.2 Å². The molecule has 1 fully saturated rings. The van der Waals surface area contributed by atoms with Crippen LogP contribution in [0.3, 0.4) is 0 Å². The highest BCUT2D eigenvalue weighted by atomic mass is 79.9. The van der Waals surface area contributed by atoms with Gasteiger partial charge in [-0.25, -0.2) is 0 Å². The number of benzene rings is 1. The minimum atomic E-state index is -0.350. The molecule has 0 spiro atoms. The Hall–Kier alpha value is -1.03. The lowest BCUT2D eigenvalue weighted by Crippen LogP contribution is -2.40. The van der Waals surface area contributed by atoms with Crippen molar-refractivity contribution in [1.82, 2.24) is 5.32 Å². The molecule has 0 bridgehead atoms. The number of alkyl halides is 1. The zero-order valence-electron chi connectivity index (χ0n) is 10.8. The van der Waals surface area contributed by atoms with Gasteiger partial charge in [0.1, 0.15) is 5.75 Å². The van der Waals surface area contributed by atoms with Crippen LogP contribution in [-0.4, -0.2) is 23.9 Å². The Labute approximate surface area is 121 Å². The summed E-state index contributed by atoms with van der Waals surface area (Å²) in [5.41, 5.74) is 1.48. The van der Waals surface area contributed by atoms with E-state index in [4.69, 9.17) is 4.74 Å². The highest BCUT2D eigenvalue weighted by Crippen LogP contribution is 2.48. The van der Waals surface area contributed by atoms with Gasteiger partial charge >= 0.3 is 0 Å². The second kappa shape index (κ2) is 5.16. The lowest BCUT2D eigenvalue weighted by molar-refractivity contribution is -0.127. The predicted octanol–water partition coefficient (Wildman–Crippen LogP) is 2.67. The fourth-order valence-corrected chi connectivity index (χ4v) is 3.45. The van der Waals surface area contributed by atoms with Crippen LogP contribution in [0.4, 0.5) is 0 Å². The average Bonchev–Trinajstić information content (AvgIpc) is 3.04. The van der Waals surface area contributed by atoms with Crippen LogP contribution < -0.4 is 10.1 Å². The van der Waals surface area contributed by atoms with Crippen molar-refractivity contribution in [1.29, 1.82) is 0 Å². The number of amides is 1. The Morgan fingerprint density at radius 2 is 2.21 bits per heavy atom. The van der Waals surface area contributed by atoms with Crippen molar-refractivity contribution in [2.24, 2.45) is 5.41 Å². The molecular weight excluding hydrogens is 306 g/mol. The number of para-hydroxylation sites is 1. The lowest BCUT2D eigenvalue weighted by Gasteiger charge is -2.16. The minimum absolute atomic E-state index is 0.0250. The van der Waals surface area contributed by atoms with E-state index in [2.05, 4.69) is 21.2 Å². The molecule has 1 atom stereocenters.